The number of ether oxygens (including phenoxy) is 1. The number of aryl methyl sites for hydroxylation is 1. The number of benzene rings is 2. The number of likely N-dealkylation sites (N-methyl/N-ethyl adjacent to an activating group) is 1. The summed E-state index contributed by atoms with van der Waals surface area (Å²) in [5, 5.41) is 0.721. The molecule has 0 bridgehead atoms. The second kappa shape index (κ2) is 7.52. The highest BCUT2D eigenvalue weighted by atomic mass is 35.5. The number of carbonyl (C=O) groups is 1. The van der Waals surface area contributed by atoms with Crippen molar-refractivity contribution in [2.75, 3.05) is 13.7 Å². The zero-order chi connectivity index (χ0) is 16.1. The van der Waals surface area contributed by atoms with Crippen LogP contribution in [0.5, 0.6) is 5.75 Å². The summed E-state index contributed by atoms with van der Waals surface area (Å²) in [4.78, 5) is 13.8. The van der Waals surface area contributed by atoms with Crippen LogP contribution in [0, 0.1) is 6.92 Å². The number of hydrogen-bond donors (Lipinski definition) is 0. The molecule has 0 fully saturated rings. The van der Waals surface area contributed by atoms with Crippen molar-refractivity contribution in [3.05, 3.63) is 63.6 Å². The van der Waals surface area contributed by atoms with Crippen LogP contribution in [-0.4, -0.2) is 24.5 Å². The van der Waals surface area contributed by atoms with E-state index in [0.29, 0.717) is 22.3 Å². The molecule has 0 unspecified atom stereocenters. The molecule has 5 heteroatoms. The minimum Gasteiger partial charge on any atom is -0.482 e. The van der Waals surface area contributed by atoms with E-state index in [1.165, 1.54) is 0 Å². The Hall–Kier alpha value is -1.71. The molecule has 0 saturated heterocycles. The van der Waals surface area contributed by atoms with Gasteiger partial charge in [0.1, 0.15) is 10.8 Å². The standard InChI is InChI=1S/C17H17Cl2NO2/c1-12-6-3-4-7-13(12)10-20(2)16(21)11-22-15-9-5-8-14(18)17(15)19/h3-9H,10-11H2,1-2H3. The van der Waals surface area contributed by atoms with Crippen LogP contribution >= 0.6 is 23.2 Å². The SMILES string of the molecule is Cc1ccccc1CN(C)C(=O)COc1cccc(Cl)c1Cl. The minimum atomic E-state index is -0.126. The maximum Gasteiger partial charge on any atom is 0.260 e. The lowest BCUT2D eigenvalue weighted by Gasteiger charge is -2.19. The predicted molar refractivity (Wildman–Crippen MR) is 89.6 cm³/mol. The lowest BCUT2D eigenvalue weighted by atomic mass is 10.1. The summed E-state index contributed by atoms with van der Waals surface area (Å²) >= 11 is 11.9. The van der Waals surface area contributed by atoms with Gasteiger partial charge >= 0.3 is 0 Å². The highest BCUT2D eigenvalue weighted by Crippen LogP contribution is 2.31. The number of hydrogen-bond acceptors (Lipinski definition) is 2. The van der Waals surface area contributed by atoms with Gasteiger partial charge in [0.05, 0.1) is 5.02 Å². The smallest absolute Gasteiger partial charge is 0.260 e. The largest absolute Gasteiger partial charge is 0.482 e. The van der Waals surface area contributed by atoms with Crippen LogP contribution in [-0.2, 0) is 11.3 Å². The van der Waals surface area contributed by atoms with Crippen molar-refractivity contribution in [1.82, 2.24) is 4.90 Å². The van der Waals surface area contributed by atoms with Crippen LogP contribution in [0.2, 0.25) is 10.0 Å². The normalized spacial score (nSPS) is 10.4. The van der Waals surface area contributed by atoms with Crippen molar-refractivity contribution in [2.24, 2.45) is 0 Å². The zero-order valence-electron chi connectivity index (χ0n) is 12.5. The summed E-state index contributed by atoms with van der Waals surface area (Å²) in [6, 6.07) is 13.0. The number of halogens is 2. The van der Waals surface area contributed by atoms with Gasteiger partial charge in [0.25, 0.3) is 5.91 Å². The first-order chi connectivity index (χ1) is 10.5. The van der Waals surface area contributed by atoms with E-state index < -0.39 is 0 Å². The molecule has 1 amide bonds. The van der Waals surface area contributed by atoms with Crippen molar-refractivity contribution in [3.63, 3.8) is 0 Å². The molecule has 0 aliphatic heterocycles. The van der Waals surface area contributed by atoms with Crippen molar-refractivity contribution < 1.29 is 9.53 Å². The van der Waals surface area contributed by atoms with Crippen molar-refractivity contribution >= 4 is 29.1 Å². The molecule has 0 spiro atoms. The van der Waals surface area contributed by atoms with Gasteiger partial charge in [-0.25, -0.2) is 0 Å². The number of carbonyl (C=O) groups excluding carboxylic acids is 1. The summed E-state index contributed by atoms with van der Waals surface area (Å²) in [7, 11) is 1.75. The van der Waals surface area contributed by atoms with Crippen molar-refractivity contribution in [2.45, 2.75) is 13.5 Å². The molecule has 0 saturated carbocycles. The Morgan fingerprint density at radius 2 is 1.86 bits per heavy atom. The molecule has 0 radical (unpaired) electrons. The van der Waals surface area contributed by atoms with Gasteiger partial charge in [-0.15, -0.1) is 0 Å². The Kier molecular flexibility index (Phi) is 5.69. The van der Waals surface area contributed by atoms with E-state index in [1.807, 2.05) is 31.2 Å². The first-order valence-electron chi connectivity index (χ1n) is 6.84. The molecule has 0 aromatic heterocycles. The van der Waals surface area contributed by atoms with Gasteiger partial charge in [0.2, 0.25) is 0 Å². The molecule has 0 heterocycles. The van der Waals surface area contributed by atoms with Crippen LogP contribution in [0.15, 0.2) is 42.5 Å². The fourth-order valence-electron chi connectivity index (χ4n) is 1.98. The average Bonchev–Trinajstić information content (AvgIpc) is 2.50. The van der Waals surface area contributed by atoms with E-state index in [2.05, 4.69) is 0 Å². The van der Waals surface area contributed by atoms with Crippen LogP contribution in [0.25, 0.3) is 0 Å². The number of amides is 1. The molecule has 2 aromatic carbocycles. The third kappa shape index (κ3) is 4.15. The molecule has 0 atom stereocenters. The van der Waals surface area contributed by atoms with Crippen LogP contribution in [0.1, 0.15) is 11.1 Å². The van der Waals surface area contributed by atoms with Gasteiger partial charge < -0.3 is 9.64 Å². The zero-order valence-corrected chi connectivity index (χ0v) is 14.0. The lowest BCUT2D eigenvalue weighted by Crippen LogP contribution is -2.31. The third-order valence-electron chi connectivity index (χ3n) is 3.36. The van der Waals surface area contributed by atoms with Gasteiger partial charge in [-0.3, -0.25) is 4.79 Å². The number of rotatable bonds is 5. The molecule has 2 rings (SSSR count). The Labute approximate surface area is 140 Å². The maximum absolute atomic E-state index is 12.2. The second-order valence-corrected chi connectivity index (χ2v) is 5.80. The molecule has 0 aliphatic rings. The van der Waals surface area contributed by atoms with Crippen LogP contribution < -0.4 is 4.74 Å². The summed E-state index contributed by atoms with van der Waals surface area (Å²) < 4.78 is 5.46. The van der Waals surface area contributed by atoms with Gasteiger partial charge in [-0.05, 0) is 30.2 Å². The van der Waals surface area contributed by atoms with E-state index in [1.54, 1.807) is 30.1 Å². The van der Waals surface area contributed by atoms with E-state index >= 15 is 0 Å². The highest BCUT2D eigenvalue weighted by molar-refractivity contribution is 6.42. The Morgan fingerprint density at radius 3 is 2.59 bits per heavy atom. The molecular weight excluding hydrogens is 321 g/mol. The summed E-state index contributed by atoms with van der Waals surface area (Å²) in [5.74, 6) is 0.283. The average molecular weight is 338 g/mol. The first kappa shape index (κ1) is 16.7. The molecule has 2 aromatic rings. The van der Waals surface area contributed by atoms with E-state index in [-0.39, 0.29) is 12.5 Å². The quantitative estimate of drug-likeness (QED) is 0.812. The first-order valence-corrected chi connectivity index (χ1v) is 7.60. The molecule has 116 valence electrons. The summed E-state index contributed by atoms with van der Waals surface area (Å²) in [5.41, 5.74) is 2.26. The van der Waals surface area contributed by atoms with Gasteiger partial charge in [-0.1, -0.05) is 53.5 Å². The monoisotopic (exact) mass is 337 g/mol. The van der Waals surface area contributed by atoms with Gasteiger partial charge in [0, 0.05) is 13.6 Å². The Balaban J connectivity index is 1.94. The molecule has 3 nitrogen and oxygen atoms in total. The Morgan fingerprint density at radius 1 is 1.14 bits per heavy atom. The van der Waals surface area contributed by atoms with Gasteiger partial charge in [-0.2, -0.15) is 0 Å². The molecular formula is C17H17Cl2NO2. The molecule has 0 N–H and O–H groups in total. The Bertz CT molecular complexity index is 673. The van der Waals surface area contributed by atoms with E-state index in [4.69, 9.17) is 27.9 Å². The molecule has 0 aliphatic carbocycles. The number of nitrogens with zero attached hydrogens (tertiary/aromatic N) is 1. The summed E-state index contributed by atoms with van der Waals surface area (Å²) in [6.45, 7) is 2.48. The van der Waals surface area contributed by atoms with Gasteiger partial charge in [0.15, 0.2) is 6.61 Å². The topological polar surface area (TPSA) is 29.5 Å². The summed E-state index contributed by atoms with van der Waals surface area (Å²) in [6.07, 6.45) is 0. The predicted octanol–water partition coefficient (Wildman–Crippen LogP) is 4.34. The minimum absolute atomic E-state index is 0.0809. The van der Waals surface area contributed by atoms with Crippen LogP contribution in [0.3, 0.4) is 0 Å². The maximum atomic E-state index is 12.2. The van der Waals surface area contributed by atoms with Crippen molar-refractivity contribution in [3.8, 4) is 5.75 Å². The fraction of sp³-hybridized carbons (Fsp3) is 0.235. The third-order valence-corrected chi connectivity index (χ3v) is 4.16. The second-order valence-electron chi connectivity index (χ2n) is 5.02. The van der Waals surface area contributed by atoms with Crippen molar-refractivity contribution in [1.29, 1.82) is 0 Å². The highest BCUT2D eigenvalue weighted by Gasteiger charge is 2.13. The van der Waals surface area contributed by atoms with Crippen LogP contribution in [0.4, 0.5) is 0 Å². The fourth-order valence-corrected chi connectivity index (χ4v) is 2.32. The lowest BCUT2D eigenvalue weighted by molar-refractivity contribution is -0.132. The van der Waals surface area contributed by atoms with E-state index in [0.717, 1.165) is 11.1 Å². The van der Waals surface area contributed by atoms with E-state index in [9.17, 15) is 4.79 Å². The molecule has 22 heavy (non-hydrogen) atoms.